The minimum absolute atomic E-state index is 0.0381. The molecule has 0 fully saturated rings. The maximum atomic E-state index is 13.0. The van der Waals surface area contributed by atoms with Crippen molar-refractivity contribution >= 4 is 44.7 Å². The highest BCUT2D eigenvalue weighted by molar-refractivity contribution is 7.98. The van der Waals surface area contributed by atoms with E-state index < -0.39 is 15.6 Å². The molecule has 0 unspecified atom stereocenters. The van der Waals surface area contributed by atoms with Crippen molar-refractivity contribution in [3.05, 3.63) is 45.7 Å². The van der Waals surface area contributed by atoms with Crippen molar-refractivity contribution in [3.63, 3.8) is 0 Å². The number of rotatable bonds is 4. The van der Waals surface area contributed by atoms with Gasteiger partial charge in [-0.3, -0.25) is 4.79 Å². The number of hydrogen-bond acceptors (Lipinski definition) is 7. The molecule has 0 amide bonds. The number of carbonyl (C=O) groups excluding carboxylic acids is 1. The minimum atomic E-state index is -3.55. The van der Waals surface area contributed by atoms with Gasteiger partial charge in [0.1, 0.15) is 5.56 Å². The van der Waals surface area contributed by atoms with Gasteiger partial charge in [0.05, 0.1) is 15.6 Å². The van der Waals surface area contributed by atoms with Crippen LogP contribution in [0.3, 0.4) is 0 Å². The Labute approximate surface area is 160 Å². The van der Waals surface area contributed by atoms with E-state index in [1.54, 1.807) is 13.1 Å². The second-order valence-corrected chi connectivity index (χ2v) is 9.06. The first kappa shape index (κ1) is 18.8. The van der Waals surface area contributed by atoms with Gasteiger partial charge in [0.15, 0.2) is 9.84 Å². The molecule has 0 spiro atoms. The summed E-state index contributed by atoms with van der Waals surface area (Å²) in [6, 6.07) is 2.74. The van der Waals surface area contributed by atoms with E-state index in [2.05, 4.69) is 9.82 Å². The molecule has 0 aliphatic carbocycles. The van der Waals surface area contributed by atoms with Crippen LogP contribution in [0.15, 0.2) is 23.2 Å². The number of aryl methyl sites for hydroxylation is 2. The fourth-order valence-electron chi connectivity index (χ4n) is 2.81. The lowest BCUT2D eigenvalue weighted by molar-refractivity contribution is 0.103. The van der Waals surface area contributed by atoms with Gasteiger partial charge in [0, 0.05) is 36.4 Å². The summed E-state index contributed by atoms with van der Waals surface area (Å²) >= 11 is 7.87. The van der Waals surface area contributed by atoms with Crippen LogP contribution in [0.5, 0.6) is 5.88 Å². The van der Waals surface area contributed by atoms with Crippen LogP contribution >= 0.6 is 23.5 Å². The molecule has 0 atom stereocenters. The Morgan fingerprint density at radius 3 is 2.62 bits per heavy atom. The minimum Gasteiger partial charge on any atom is -0.493 e. The molecule has 0 saturated carbocycles. The van der Waals surface area contributed by atoms with Gasteiger partial charge in [-0.05, 0) is 36.6 Å². The van der Waals surface area contributed by atoms with Crippen molar-refractivity contribution in [2.75, 3.05) is 12.0 Å². The summed E-state index contributed by atoms with van der Waals surface area (Å²) in [5.74, 6) is -0.273. The number of nitrogens with one attached hydrogen (secondary N) is 1. The van der Waals surface area contributed by atoms with Crippen molar-refractivity contribution in [1.29, 1.82) is 0 Å². The smallest absolute Gasteiger partial charge is 0.220 e. The molecule has 138 valence electrons. The van der Waals surface area contributed by atoms with Crippen LogP contribution in [0.25, 0.3) is 5.57 Å². The lowest BCUT2D eigenvalue weighted by Gasteiger charge is -2.14. The van der Waals surface area contributed by atoms with E-state index in [0.717, 1.165) is 6.26 Å². The zero-order valence-electron chi connectivity index (χ0n) is 14.2. The SMILES string of the molecule is Cc1nn(C)c(O)c1C(=O)c1ccc(S(C)(=O)=O)c(C2=CNSC2)c1Cl. The quantitative estimate of drug-likeness (QED) is 0.585. The molecule has 1 aliphatic rings. The third-order valence-electron chi connectivity index (χ3n) is 4.03. The topological polar surface area (TPSA) is 101 Å². The van der Waals surface area contributed by atoms with Crippen LogP contribution < -0.4 is 4.72 Å². The lowest BCUT2D eigenvalue weighted by Crippen LogP contribution is -2.09. The zero-order chi connectivity index (χ0) is 19.2. The molecule has 0 radical (unpaired) electrons. The van der Waals surface area contributed by atoms with Gasteiger partial charge in [-0.1, -0.05) is 11.6 Å². The predicted octanol–water partition coefficient (Wildman–Crippen LogP) is 2.31. The Kier molecular flexibility index (Phi) is 4.80. The highest BCUT2D eigenvalue weighted by Crippen LogP contribution is 2.38. The third kappa shape index (κ3) is 3.10. The molecule has 2 heterocycles. The predicted molar refractivity (Wildman–Crippen MR) is 101 cm³/mol. The molecule has 2 N–H and O–H groups in total. The highest BCUT2D eigenvalue weighted by Gasteiger charge is 2.28. The van der Waals surface area contributed by atoms with E-state index in [1.807, 2.05) is 0 Å². The molecule has 1 aliphatic heterocycles. The standard InChI is InChI=1S/C16H16ClN3O4S2/c1-8-12(16(22)20(2)19-8)15(21)10-4-5-11(26(3,23)24)13(14(10)17)9-6-18-25-7-9/h4-6,18,22H,7H2,1-3H3. The molecule has 26 heavy (non-hydrogen) atoms. The van der Waals surface area contributed by atoms with Gasteiger partial charge in [-0.2, -0.15) is 5.10 Å². The number of carbonyl (C=O) groups is 1. The monoisotopic (exact) mass is 413 g/mol. The van der Waals surface area contributed by atoms with Crippen molar-refractivity contribution in [3.8, 4) is 5.88 Å². The van der Waals surface area contributed by atoms with Crippen LogP contribution in [0.2, 0.25) is 5.02 Å². The van der Waals surface area contributed by atoms with E-state index in [9.17, 15) is 18.3 Å². The highest BCUT2D eigenvalue weighted by atomic mass is 35.5. The Balaban J connectivity index is 2.24. The van der Waals surface area contributed by atoms with E-state index >= 15 is 0 Å². The number of nitrogens with zero attached hydrogens (tertiary/aromatic N) is 2. The first-order valence-electron chi connectivity index (χ1n) is 7.49. The first-order valence-corrected chi connectivity index (χ1v) is 10.7. The fourth-order valence-corrected chi connectivity index (χ4v) is 4.85. The van der Waals surface area contributed by atoms with Crippen molar-refractivity contribution in [2.24, 2.45) is 7.05 Å². The van der Waals surface area contributed by atoms with Crippen LogP contribution in [0.4, 0.5) is 0 Å². The van der Waals surface area contributed by atoms with Gasteiger partial charge >= 0.3 is 0 Å². The van der Waals surface area contributed by atoms with Crippen LogP contribution in [-0.4, -0.2) is 41.1 Å². The number of halogens is 1. The van der Waals surface area contributed by atoms with Gasteiger partial charge in [-0.25, -0.2) is 13.1 Å². The molecule has 1 aromatic carbocycles. The number of aromatic nitrogens is 2. The summed E-state index contributed by atoms with van der Waals surface area (Å²) in [4.78, 5) is 13.0. The van der Waals surface area contributed by atoms with E-state index in [-0.39, 0.29) is 26.9 Å². The van der Waals surface area contributed by atoms with E-state index in [4.69, 9.17) is 11.6 Å². The number of sulfone groups is 1. The molecule has 0 bridgehead atoms. The van der Waals surface area contributed by atoms with Crippen LogP contribution in [-0.2, 0) is 16.9 Å². The Hall–Kier alpha value is -1.97. The Bertz CT molecular complexity index is 1060. The van der Waals surface area contributed by atoms with Crippen LogP contribution in [0, 0.1) is 6.92 Å². The summed E-state index contributed by atoms with van der Waals surface area (Å²) in [5, 5.41) is 14.2. The zero-order valence-corrected chi connectivity index (χ0v) is 16.6. The summed E-state index contributed by atoms with van der Waals surface area (Å²) in [6.45, 7) is 1.60. The fraction of sp³-hybridized carbons (Fsp3) is 0.250. The number of aromatic hydroxyl groups is 1. The molecule has 10 heteroatoms. The molecule has 1 aromatic heterocycles. The molecular formula is C16H16ClN3O4S2. The molecular weight excluding hydrogens is 398 g/mol. The maximum absolute atomic E-state index is 13.0. The molecule has 3 rings (SSSR count). The third-order valence-corrected chi connectivity index (χ3v) is 6.30. The molecule has 2 aromatic rings. The van der Waals surface area contributed by atoms with E-state index in [1.165, 1.54) is 35.8 Å². The largest absolute Gasteiger partial charge is 0.493 e. The summed E-state index contributed by atoms with van der Waals surface area (Å²) in [6.07, 6.45) is 2.76. The van der Waals surface area contributed by atoms with Crippen molar-refractivity contribution < 1.29 is 18.3 Å². The van der Waals surface area contributed by atoms with Gasteiger partial charge < -0.3 is 9.83 Å². The summed E-state index contributed by atoms with van der Waals surface area (Å²) in [5.41, 5.74) is 1.50. The summed E-state index contributed by atoms with van der Waals surface area (Å²) < 4.78 is 28.5. The normalized spacial score (nSPS) is 14.2. The van der Waals surface area contributed by atoms with Crippen molar-refractivity contribution in [1.82, 2.24) is 14.5 Å². The Morgan fingerprint density at radius 2 is 2.12 bits per heavy atom. The second kappa shape index (κ2) is 6.64. The van der Waals surface area contributed by atoms with Gasteiger partial charge in [-0.15, -0.1) is 0 Å². The van der Waals surface area contributed by atoms with Gasteiger partial charge in [0.2, 0.25) is 11.7 Å². The number of hydrogen-bond donors (Lipinski definition) is 2. The molecule has 7 nitrogen and oxygen atoms in total. The van der Waals surface area contributed by atoms with E-state index in [0.29, 0.717) is 22.6 Å². The maximum Gasteiger partial charge on any atom is 0.220 e. The Morgan fingerprint density at radius 1 is 1.42 bits per heavy atom. The first-order chi connectivity index (χ1) is 12.1. The van der Waals surface area contributed by atoms with Gasteiger partial charge in [0.25, 0.3) is 0 Å². The second-order valence-electron chi connectivity index (χ2n) is 5.89. The lowest BCUT2D eigenvalue weighted by atomic mass is 9.98. The average molecular weight is 414 g/mol. The summed E-state index contributed by atoms with van der Waals surface area (Å²) in [7, 11) is -2.03. The number of ketones is 1. The molecule has 0 saturated heterocycles. The van der Waals surface area contributed by atoms with Crippen LogP contribution in [0.1, 0.15) is 27.2 Å². The average Bonchev–Trinajstić information content (AvgIpc) is 3.14. The van der Waals surface area contributed by atoms with Crippen molar-refractivity contribution in [2.45, 2.75) is 11.8 Å². The number of benzene rings is 1.